The Morgan fingerprint density at radius 1 is 1.38 bits per heavy atom. The van der Waals surface area contributed by atoms with Crippen LogP contribution in [-0.2, 0) is 0 Å². The van der Waals surface area contributed by atoms with Crippen LogP contribution in [0, 0.1) is 11.3 Å². The molecule has 3 rings (SSSR count). The maximum absolute atomic E-state index is 12.3. The highest BCUT2D eigenvalue weighted by atomic mass is 32.2. The molecule has 1 amide bonds. The number of aromatic amines is 1. The van der Waals surface area contributed by atoms with Gasteiger partial charge in [0.25, 0.3) is 5.91 Å². The number of amides is 1. The number of pyridine rings is 1. The normalized spacial score (nSPS) is 13.7. The Hall–Kier alpha value is -2.59. The van der Waals surface area contributed by atoms with Gasteiger partial charge >= 0.3 is 0 Å². The summed E-state index contributed by atoms with van der Waals surface area (Å²) in [5, 5.41) is 9.57. The van der Waals surface area contributed by atoms with Gasteiger partial charge in [-0.2, -0.15) is 5.26 Å². The molecule has 0 spiro atoms. The number of thioether (sulfide) groups is 1. The third-order valence-corrected chi connectivity index (χ3v) is 4.87. The molecule has 1 N–H and O–H groups in total. The Kier molecular flexibility index (Phi) is 4.96. The Bertz CT molecular complexity index is 803. The van der Waals surface area contributed by atoms with Gasteiger partial charge in [0.2, 0.25) is 0 Å². The van der Waals surface area contributed by atoms with Crippen LogP contribution in [0.3, 0.4) is 0 Å². The zero-order chi connectivity index (χ0) is 16.9. The van der Waals surface area contributed by atoms with Crippen molar-refractivity contribution in [3.8, 4) is 6.07 Å². The standard InChI is InChI=1S/C17H16N4O2S/c18-9-12-4-3-5-19-16(12)24-11-15(22)13-8-14(20-10-13)17(23)21-6-1-2-7-21/h3-5,8,10,20H,1-2,6-7,11H2. The molecule has 0 saturated carbocycles. The van der Waals surface area contributed by atoms with Crippen molar-refractivity contribution in [3.05, 3.63) is 47.4 Å². The second-order valence-corrected chi connectivity index (χ2v) is 6.45. The molecule has 24 heavy (non-hydrogen) atoms. The molecule has 0 atom stereocenters. The van der Waals surface area contributed by atoms with E-state index in [0.29, 0.717) is 21.8 Å². The first-order valence-electron chi connectivity index (χ1n) is 7.68. The molecule has 2 aromatic heterocycles. The van der Waals surface area contributed by atoms with Crippen LogP contribution in [0.25, 0.3) is 0 Å². The number of nitrogens with one attached hydrogen (secondary N) is 1. The van der Waals surface area contributed by atoms with Gasteiger partial charge in [0.15, 0.2) is 5.78 Å². The van der Waals surface area contributed by atoms with E-state index < -0.39 is 0 Å². The van der Waals surface area contributed by atoms with E-state index in [9.17, 15) is 9.59 Å². The summed E-state index contributed by atoms with van der Waals surface area (Å²) in [4.78, 5) is 33.4. The summed E-state index contributed by atoms with van der Waals surface area (Å²) in [6.45, 7) is 1.54. The van der Waals surface area contributed by atoms with Gasteiger partial charge in [-0.25, -0.2) is 4.98 Å². The van der Waals surface area contributed by atoms with Crippen LogP contribution in [0.2, 0.25) is 0 Å². The van der Waals surface area contributed by atoms with Crippen molar-refractivity contribution in [2.24, 2.45) is 0 Å². The third kappa shape index (κ3) is 3.49. The monoisotopic (exact) mass is 340 g/mol. The summed E-state index contributed by atoms with van der Waals surface area (Å²) < 4.78 is 0. The zero-order valence-electron chi connectivity index (χ0n) is 13.0. The average Bonchev–Trinajstić information content (AvgIpc) is 3.30. The number of likely N-dealkylation sites (tertiary alicyclic amines) is 1. The first-order valence-corrected chi connectivity index (χ1v) is 8.66. The molecule has 6 nitrogen and oxygen atoms in total. The number of rotatable bonds is 5. The molecule has 0 unspecified atom stereocenters. The molecule has 0 aromatic carbocycles. The van der Waals surface area contributed by atoms with E-state index in [2.05, 4.69) is 16.0 Å². The van der Waals surface area contributed by atoms with Crippen molar-refractivity contribution >= 4 is 23.5 Å². The number of Topliss-reactive ketones (excluding diaryl/α,β-unsaturated/α-hetero) is 1. The Morgan fingerprint density at radius 3 is 2.92 bits per heavy atom. The van der Waals surface area contributed by atoms with Gasteiger partial charge < -0.3 is 9.88 Å². The second kappa shape index (κ2) is 7.32. The molecule has 0 radical (unpaired) electrons. The van der Waals surface area contributed by atoms with Gasteiger partial charge in [0.05, 0.1) is 11.3 Å². The lowest BCUT2D eigenvalue weighted by molar-refractivity contribution is 0.0787. The summed E-state index contributed by atoms with van der Waals surface area (Å²) in [5.41, 5.74) is 1.37. The fraction of sp³-hybridized carbons (Fsp3) is 0.294. The Morgan fingerprint density at radius 2 is 2.17 bits per heavy atom. The number of H-pyrrole nitrogens is 1. The highest BCUT2D eigenvalue weighted by molar-refractivity contribution is 8.00. The van der Waals surface area contributed by atoms with Gasteiger partial charge in [-0.05, 0) is 31.0 Å². The number of nitriles is 1. The molecule has 1 aliphatic heterocycles. The minimum absolute atomic E-state index is 0.0595. The van der Waals surface area contributed by atoms with Crippen molar-refractivity contribution in [1.82, 2.24) is 14.9 Å². The number of ketones is 1. The van der Waals surface area contributed by atoms with Gasteiger partial charge in [-0.3, -0.25) is 9.59 Å². The van der Waals surface area contributed by atoms with E-state index in [1.165, 1.54) is 11.8 Å². The maximum Gasteiger partial charge on any atom is 0.270 e. The molecule has 1 saturated heterocycles. The van der Waals surface area contributed by atoms with Crippen LogP contribution in [0.1, 0.15) is 39.3 Å². The zero-order valence-corrected chi connectivity index (χ0v) is 13.8. The van der Waals surface area contributed by atoms with Gasteiger partial charge in [0.1, 0.15) is 16.8 Å². The predicted octanol–water partition coefficient (Wildman–Crippen LogP) is 2.49. The Balaban J connectivity index is 1.63. The van der Waals surface area contributed by atoms with Crippen LogP contribution >= 0.6 is 11.8 Å². The quantitative estimate of drug-likeness (QED) is 0.667. The minimum Gasteiger partial charge on any atom is -0.356 e. The molecule has 1 aliphatic rings. The summed E-state index contributed by atoms with van der Waals surface area (Å²) in [6, 6.07) is 7.02. The lowest BCUT2D eigenvalue weighted by atomic mass is 10.2. The molecule has 0 bridgehead atoms. The topological polar surface area (TPSA) is 89.8 Å². The molecule has 3 heterocycles. The molecule has 2 aromatic rings. The largest absolute Gasteiger partial charge is 0.356 e. The van der Waals surface area contributed by atoms with Crippen LogP contribution in [0.4, 0.5) is 0 Å². The number of hydrogen-bond donors (Lipinski definition) is 1. The van der Waals surface area contributed by atoms with Crippen molar-refractivity contribution in [3.63, 3.8) is 0 Å². The number of carbonyl (C=O) groups is 2. The highest BCUT2D eigenvalue weighted by Crippen LogP contribution is 2.21. The van der Waals surface area contributed by atoms with E-state index in [1.54, 1.807) is 35.5 Å². The van der Waals surface area contributed by atoms with Crippen molar-refractivity contribution < 1.29 is 9.59 Å². The number of hydrogen-bond acceptors (Lipinski definition) is 5. The summed E-state index contributed by atoms with van der Waals surface area (Å²) >= 11 is 1.23. The molecular formula is C17H16N4O2S. The van der Waals surface area contributed by atoms with Crippen LogP contribution < -0.4 is 0 Å². The number of aromatic nitrogens is 2. The lowest BCUT2D eigenvalue weighted by Gasteiger charge is -2.13. The first-order chi connectivity index (χ1) is 11.7. The average molecular weight is 340 g/mol. The number of nitrogens with zero attached hydrogens (tertiary/aromatic N) is 3. The maximum atomic E-state index is 12.3. The number of carbonyl (C=O) groups excluding carboxylic acids is 2. The van der Waals surface area contributed by atoms with Crippen LogP contribution in [0.5, 0.6) is 0 Å². The molecule has 1 fully saturated rings. The fourth-order valence-electron chi connectivity index (χ4n) is 2.58. The minimum atomic E-state index is -0.105. The van der Waals surface area contributed by atoms with Gasteiger partial charge in [0, 0.05) is 31.0 Å². The third-order valence-electron chi connectivity index (χ3n) is 3.86. The molecule has 122 valence electrons. The van der Waals surface area contributed by atoms with Crippen molar-refractivity contribution in [2.75, 3.05) is 18.8 Å². The Labute approximate surface area is 143 Å². The predicted molar refractivity (Wildman–Crippen MR) is 89.9 cm³/mol. The fourth-order valence-corrected chi connectivity index (χ4v) is 3.42. The molecule has 0 aliphatic carbocycles. The summed E-state index contributed by atoms with van der Waals surface area (Å²) in [5.74, 6) is 0.00270. The second-order valence-electron chi connectivity index (χ2n) is 5.48. The SMILES string of the molecule is N#Cc1cccnc1SCC(=O)c1c[nH]c(C(=O)N2CCCC2)c1. The van der Waals surface area contributed by atoms with Crippen molar-refractivity contribution in [1.29, 1.82) is 5.26 Å². The summed E-state index contributed by atoms with van der Waals surface area (Å²) in [7, 11) is 0. The van der Waals surface area contributed by atoms with Crippen molar-refractivity contribution in [2.45, 2.75) is 17.9 Å². The van der Waals surface area contributed by atoms with Crippen LogP contribution in [-0.4, -0.2) is 45.4 Å². The van der Waals surface area contributed by atoms with E-state index in [-0.39, 0.29) is 17.4 Å². The highest BCUT2D eigenvalue weighted by Gasteiger charge is 2.21. The smallest absolute Gasteiger partial charge is 0.270 e. The molecular weight excluding hydrogens is 324 g/mol. The van der Waals surface area contributed by atoms with E-state index >= 15 is 0 Å². The van der Waals surface area contributed by atoms with Crippen LogP contribution in [0.15, 0.2) is 35.6 Å². The molecule has 7 heteroatoms. The lowest BCUT2D eigenvalue weighted by Crippen LogP contribution is -2.27. The van der Waals surface area contributed by atoms with Gasteiger partial charge in [-0.15, -0.1) is 0 Å². The summed E-state index contributed by atoms with van der Waals surface area (Å²) in [6.07, 6.45) is 5.22. The van der Waals surface area contributed by atoms with E-state index in [4.69, 9.17) is 5.26 Å². The van der Waals surface area contributed by atoms with E-state index in [0.717, 1.165) is 25.9 Å². The van der Waals surface area contributed by atoms with E-state index in [1.807, 2.05) is 0 Å². The van der Waals surface area contributed by atoms with Gasteiger partial charge in [-0.1, -0.05) is 11.8 Å². The first kappa shape index (κ1) is 16.3.